The van der Waals surface area contributed by atoms with Crippen molar-refractivity contribution in [1.82, 2.24) is 14.8 Å². The van der Waals surface area contributed by atoms with Gasteiger partial charge in [-0.25, -0.2) is 4.98 Å². The third-order valence-electron chi connectivity index (χ3n) is 4.63. The van der Waals surface area contributed by atoms with E-state index in [1.54, 1.807) is 4.90 Å². The number of aryl methyl sites for hydroxylation is 2. The molecule has 3 rings (SSSR count). The summed E-state index contributed by atoms with van der Waals surface area (Å²) >= 11 is 1.32. The number of hydrogen-bond donors (Lipinski definition) is 0. The Morgan fingerprint density at radius 2 is 1.88 bits per heavy atom. The van der Waals surface area contributed by atoms with Crippen LogP contribution < -0.4 is 0 Å². The summed E-state index contributed by atoms with van der Waals surface area (Å²) in [7, 11) is 0. The molecule has 0 spiro atoms. The summed E-state index contributed by atoms with van der Waals surface area (Å²) in [5, 5.41) is 9.92. The molecule has 1 aliphatic carbocycles. The van der Waals surface area contributed by atoms with E-state index in [1.807, 2.05) is 24.8 Å². The standard InChI is InChI=1S/C18H22N4O2S/c1-12-9-13(2)20-17(15(12)10-19)25-11-16(23)21-5-7-22(8-6-21)18(24)14-3-4-14/h9,14H,3-8,11H2,1-2H3. The van der Waals surface area contributed by atoms with Gasteiger partial charge in [0, 0.05) is 37.8 Å². The molecule has 1 aliphatic heterocycles. The molecule has 25 heavy (non-hydrogen) atoms. The number of piperazine rings is 1. The number of nitrogens with zero attached hydrogens (tertiary/aromatic N) is 4. The highest BCUT2D eigenvalue weighted by molar-refractivity contribution is 8.00. The topological polar surface area (TPSA) is 77.3 Å². The monoisotopic (exact) mass is 358 g/mol. The normalized spacial score (nSPS) is 17.3. The van der Waals surface area contributed by atoms with Gasteiger partial charge in [0.1, 0.15) is 11.1 Å². The van der Waals surface area contributed by atoms with E-state index in [9.17, 15) is 14.9 Å². The van der Waals surface area contributed by atoms with Crippen molar-refractivity contribution in [3.05, 3.63) is 22.9 Å². The van der Waals surface area contributed by atoms with E-state index in [0.29, 0.717) is 36.8 Å². The van der Waals surface area contributed by atoms with E-state index in [1.165, 1.54) is 11.8 Å². The second-order valence-electron chi connectivity index (χ2n) is 6.64. The van der Waals surface area contributed by atoms with Gasteiger partial charge >= 0.3 is 0 Å². The van der Waals surface area contributed by atoms with Crippen LogP contribution >= 0.6 is 11.8 Å². The van der Waals surface area contributed by atoms with E-state index < -0.39 is 0 Å². The van der Waals surface area contributed by atoms with Gasteiger partial charge in [-0.1, -0.05) is 11.8 Å². The first-order valence-electron chi connectivity index (χ1n) is 8.57. The van der Waals surface area contributed by atoms with Crippen molar-refractivity contribution in [2.45, 2.75) is 31.7 Å². The summed E-state index contributed by atoms with van der Waals surface area (Å²) < 4.78 is 0. The number of pyridine rings is 1. The van der Waals surface area contributed by atoms with Crippen molar-refractivity contribution in [2.75, 3.05) is 31.9 Å². The lowest BCUT2D eigenvalue weighted by Crippen LogP contribution is -2.51. The molecule has 7 heteroatoms. The Labute approximate surface area is 152 Å². The van der Waals surface area contributed by atoms with Crippen molar-refractivity contribution < 1.29 is 9.59 Å². The fourth-order valence-corrected chi connectivity index (χ4v) is 4.03. The molecule has 0 N–H and O–H groups in total. The lowest BCUT2D eigenvalue weighted by Gasteiger charge is -2.34. The highest BCUT2D eigenvalue weighted by atomic mass is 32.2. The number of aromatic nitrogens is 1. The van der Waals surface area contributed by atoms with Crippen LogP contribution in [0.2, 0.25) is 0 Å². The van der Waals surface area contributed by atoms with Gasteiger partial charge in [0.25, 0.3) is 0 Å². The molecule has 1 aromatic rings. The molecule has 1 saturated carbocycles. The highest BCUT2D eigenvalue weighted by Crippen LogP contribution is 2.31. The van der Waals surface area contributed by atoms with E-state index in [-0.39, 0.29) is 23.5 Å². The first kappa shape index (κ1) is 17.7. The molecular formula is C18H22N4O2S. The fourth-order valence-electron chi connectivity index (χ4n) is 3.03. The van der Waals surface area contributed by atoms with E-state index in [4.69, 9.17) is 0 Å². The smallest absolute Gasteiger partial charge is 0.233 e. The largest absolute Gasteiger partial charge is 0.339 e. The summed E-state index contributed by atoms with van der Waals surface area (Å²) in [5.41, 5.74) is 2.28. The number of amides is 2. The van der Waals surface area contributed by atoms with E-state index in [2.05, 4.69) is 11.1 Å². The molecule has 1 aromatic heterocycles. The molecule has 0 bridgehead atoms. The first-order chi connectivity index (χ1) is 12.0. The Balaban J connectivity index is 1.54. The van der Waals surface area contributed by atoms with Crippen LogP contribution in [0, 0.1) is 31.1 Å². The van der Waals surface area contributed by atoms with Gasteiger partial charge in [-0.3, -0.25) is 9.59 Å². The summed E-state index contributed by atoms with van der Waals surface area (Å²) in [5.74, 6) is 0.784. The average molecular weight is 358 g/mol. The van der Waals surface area contributed by atoms with Gasteiger partial charge in [-0.05, 0) is 38.3 Å². The second-order valence-corrected chi connectivity index (χ2v) is 7.61. The molecule has 2 aliphatic rings. The maximum absolute atomic E-state index is 12.5. The predicted octanol–water partition coefficient (Wildman–Crippen LogP) is 1.74. The number of hydrogen-bond acceptors (Lipinski definition) is 5. The van der Waals surface area contributed by atoms with Gasteiger partial charge in [0.15, 0.2) is 0 Å². The third-order valence-corrected chi connectivity index (χ3v) is 5.59. The molecule has 0 radical (unpaired) electrons. The molecule has 0 unspecified atom stereocenters. The molecular weight excluding hydrogens is 336 g/mol. The Kier molecular flexibility index (Phi) is 5.28. The zero-order valence-corrected chi connectivity index (χ0v) is 15.4. The molecule has 1 saturated heterocycles. The molecule has 6 nitrogen and oxygen atoms in total. The van der Waals surface area contributed by atoms with Crippen LogP contribution in [0.25, 0.3) is 0 Å². The SMILES string of the molecule is Cc1cc(C)c(C#N)c(SCC(=O)N2CCN(C(=O)C3CC3)CC2)n1. The fraction of sp³-hybridized carbons (Fsp3) is 0.556. The van der Waals surface area contributed by atoms with Gasteiger partial charge in [-0.2, -0.15) is 5.26 Å². The van der Waals surface area contributed by atoms with Crippen LogP contribution in [-0.2, 0) is 9.59 Å². The van der Waals surface area contributed by atoms with E-state index in [0.717, 1.165) is 24.1 Å². The highest BCUT2D eigenvalue weighted by Gasteiger charge is 2.35. The number of carbonyl (C=O) groups is 2. The Hall–Kier alpha value is -2.07. The second kappa shape index (κ2) is 7.44. The maximum Gasteiger partial charge on any atom is 0.233 e. The zero-order chi connectivity index (χ0) is 18.0. The lowest BCUT2D eigenvalue weighted by molar-refractivity contribution is -0.139. The van der Waals surface area contributed by atoms with E-state index >= 15 is 0 Å². The minimum absolute atomic E-state index is 0.0355. The quantitative estimate of drug-likeness (QED) is 0.766. The molecule has 132 valence electrons. The Bertz CT molecular complexity index is 731. The van der Waals surface area contributed by atoms with Crippen molar-refractivity contribution in [1.29, 1.82) is 5.26 Å². The maximum atomic E-state index is 12.5. The molecule has 2 fully saturated rings. The zero-order valence-electron chi connectivity index (χ0n) is 14.6. The van der Waals surface area contributed by atoms with Crippen LogP contribution in [0.4, 0.5) is 0 Å². The minimum atomic E-state index is 0.0355. The number of rotatable bonds is 4. The number of thioether (sulfide) groups is 1. The van der Waals surface area contributed by atoms with Crippen molar-refractivity contribution >= 4 is 23.6 Å². The summed E-state index contributed by atoms with van der Waals surface area (Å²) in [6.45, 7) is 6.19. The van der Waals surface area contributed by atoms with Gasteiger partial charge in [0.05, 0.1) is 11.3 Å². The Morgan fingerprint density at radius 3 is 2.48 bits per heavy atom. The third kappa shape index (κ3) is 4.13. The molecule has 0 atom stereocenters. The van der Waals surface area contributed by atoms with Crippen molar-refractivity contribution in [3.63, 3.8) is 0 Å². The lowest BCUT2D eigenvalue weighted by atomic mass is 10.1. The summed E-state index contributed by atoms with van der Waals surface area (Å²) in [6.07, 6.45) is 2.03. The number of nitriles is 1. The predicted molar refractivity (Wildman–Crippen MR) is 95.0 cm³/mol. The number of carbonyl (C=O) groups excluding carboxylic acids is 2. The summed E-state index contributed by atoms with van der Waals surface area (Å²) in [6, 6.07) is 4.05. The Morgan fingerprint density at radius 1 is 1.24 bits per heavy atom. The van der Waals surface area contributed by atoms with Crippen LogP contribution in [0.5, 0.6) is 0 Å². The van der Waals surface area contributed by atoms with Gasteiger partial charge in [-0.15, -0.1) is 0 Å². The molecule has 2 heterocycles. The summed E-state index contributed by atoms with van der Waals surface area (Å²) in [4.78, 5) is 32.6. The van der Waals surface area contributed by atoms with Crippen molar-refractivity contribution in [3.8, 4) is 6.07 Å². The molecule has 2 amide bonds. The van der Waals surface area contributed by atoms with Gasteiger partial charge in [0.2, 0.25) is 11.8 Å². The van der Waals surface area contributed by atoms with Crippen LogP contribution in [0.3, 0.4) is 0 Å². The average Bonchev–Trinajstić information content (AvgIpc) is 3.44. The molecule has 0 aromatic carbocycles. The first-order valence-corrected chi connectivity index (χ1v) is 9.56. The van der Waals surface area contributed by atoms with Crippen LogP contribution in [-0.4, -0.2) is 58.5 Å². The van der Waals surface area contributed by atoms with Gasteiger partial charge < -0.3 is 9.80 Å². The van der Waals surface area contributed by atoms with Crippen LogP contribution in [0.1, 0.15) is 29.7 Å². The minimum Gasteiger partial charge on any atom is -0.339 e. The van der Waals surface area contributed by atoms with Crippen molar-refractivity contribution in [2.24, 2.45) is 5.92 Å². The van der Waals surface area contributed by atoms with Crippen LogP contribution in [0.15, 0.2) is 11.1 Å².